The zero-order valence-electron chi connectivity index (χ0n) is 11.0. The van der Waals surface area contributed by atoms with E-state index >= 15 is 0 Å². The summed E-state index contributed by atoms with van der Waals surface area (Å²) < 4.78 is 0.897. The van der Waals surface area contributed by atoms with Crippen molar-refractivity contribution in [3.8, 4) is 0 Å². The molecule has 1 aliphatic rings. The van der Waals surface area contributed by atoms with E-state index < -0.39 is 0 Å². The number of amides is 1. The van der Waals surface area contributed by atoms with Crippen LogP contribution >= 0.6 is 15.9 Å². The molecule has 1 aromatic heterocycles. The second-order valence-electron chi connectivity index (χ2n) is 5.04. The molecule has 0 fully saturated rings. The van der Waals surface area contributed by atoms with Gasteiger partial charge in [0.1, 0.15) is 5.82 Å². The van der Waals surface area contributed by atoms with Gasteiger partial charge in [-0.3, -0.25) is 4.79 Å². The number of aryl methyl sites for hydroxylation is 2. The van der Waals surface area contributed by atoms with E-state index in [-0.39, 0.29) is 5.91 Å². The van der Waals surface area contributed by atoms with Crippen molar-refractivity contribution < 1.29 is 4.79 Å². The smallest absolute Gasteiger partial charge is 0.229 e. The number of rotatable bonds is 3. The SMILES string of the molecule is O=C(Cc1ccc2c(c1)CCC2)Nc1ccc(Br)cn1. The summed E-state index contributed by atoms with van der Waals surface area (Å²) in [4.78, 5) is 16.1. The van der Waals surface area contributed by atoms with Crippen molar-refractivity contribution in [1.29, 1.82) is 0 Å². The van der Waals surface area contributed by atoms with Gasteiger partial charge in [0.15, 0.2) is 0 Å². The fourth-order valence-corrected chi connectivity index (χ4v) is 2.79. The number of carbonyl (C=O) groups is 1. The van der Waals surface area contributed by atoms with Crippen LogP contribution in [0.4, 0.5) is 5.82 Å². The Labute approximate surface area is 126 Å². The van der Waals surface area contributed by atoms with E-state index in [4.69, 9.17) is 0 Å². The molecule has 4 heteroatoms. The highest BCUT2D eigenvalue weighted by Gasteiger charge is 2.12. The Morgan fingerprint density at radius 3 is 2.85 bits per heavy atom. The molecule has 1 aliphatic carbocycles. The number of hydrogen-bond acceptors (Lipinski definition) is 2. The molecule has 0 spiro atoms. The van der Waals surface area contributed by atoms with Gasteiger partial charge in [0.25, 0.3) is 0 Å². The second-order valence-corrected chi connectivity index (χ2v) is 5.96. The zero-order chi connectivity index (χ0) is 13.9. The molecular formula is C16H15BrN2O. The zero-order valence-corrected chi connectivity index (χ0v) is 12.6. The summed E-state index contributed by atoms with van der Waals surface area (Å²) in [7, 11) is 0. The lowest BCUT2D eigenvalue weighted by Crippen LogP contribution is -2.15. The number of halogens is 1. The lowest BCUT2D eigenvalue weighted by Gasteiger charge is -2.06. The highest BCUT2D eigenvalue weighted by atomic mass is 79.9. The van der Waals surface area contributed by atoms with E-state index in [0.717, 1.165) is 16.5 Å². The van der Waals surface area contributed by atoms with Crippen LogP contribution in [-0.4, -0.2) is 10.9 Å². The van der Waals surface area contributed by atoms with Gasteiger partial charge in [0.05, 0.1) is 6.42 Å². The van der Waals surface area contributed by atoms with Gasteiger partial charge in [-0.05, 0) is 64.0 Å². The molecule has 0 saturated heterocycles. The molecule has 1 amide bonds. The normalized spacial score (nSPS) is 13.1. The Morgan fingerprint density at radius 1 is 1.20 bits per heavy atom. The molecule has 1 aromatic carbocycles. The van der Waals surface area contributed by atoms with Crippen LogP contribution in [0, 0.1) is 0 Å². The molecule has 102 valence electrons. The van der Waals surface area contributed by atoms with Gasteiger partial charge in [0, 0.05) is 10.7 Å². The summed E-state index contributed by atoms with van der Waals surface area (Å²) in [6.07, 6.45) is 5.60. The Kier molecular flexibility index (Phi) is 3.83. The fourth-order valence-electron chi connectivity index (χ4n) is 2.56. The summed E-state index contributed by atoms with van der Waals surface area (Å²) in [6, 6.07) is 10.0. The molecule has 0 unspecified atom stereocenters. The third-order valence-corrected chi connectivity index (χ3v) is 3.99. The Bertz CT molecular complexity index is 637. The average molecular weight is 331 g/mol. The Hall–Kier alpha value is -1.68. The molecule has 1 heterocycles. The molecule has 0 radical (unpaired) electrons. The van der Waals surface area contributed by atoms with Crippen molar-refractivity contribution >= 4 is 27.7 Å². The largest absolute Gasteiger partial charge is 0.310 e. The maximum Gasteiger partial charge on any atom is 0.229 e. The molecular weight excluding hydrogens is 316 g/mol. The maximum absolute atomic E-state index is 12.0. The van der Waals surface area contributed by atoms with E-state index in [9.17, 15) is 4.79 Å². The van der Waals surface area contributed by atoms with E-state index in [2.05, 4.69) is 44.4 Å². The van der Waals surface area contributed by atoms with Gasteiger partial charge in [-0.15, -0.1) is 0 Å². The van der Waals surface area contributed by atoms with E-state index in [1.807, 2.05) is 6.07 Å². The summed E-state index contributed by atoms with van der Waals surface area (Å²) in [5.41, 5.74) is 3.90. The van der Waals surface area contributed by atoms with E-state index in [1.165, 1.54) is 24.0 Å². The summed E-state index contributed by atoms with van der Waals surface area (Å²) in [6.45, 7) is 0. The minimum atomic E-state index is -0.0298. The van der Waals surface area contributed by atoms with Crippen molar-refractivity contribution in [3.63, 3.8) is 0 Å². The van der Waals surface area contributed by atoms with Gasteiger partial charge < -0.3 is 5.32 Å². The minimum absolute atomic E-state index is 0.0298. The quantitative estimate of drug-likeness (QED) is 0.935. The van der Waals surface area contributed by atoms with Crippen molar-refractivity contribution in [2.24, 2.45) is 0 Å². The molecule has 3 rings (SSSR count). The number of aromatic nitrogens is 1. The topological polar surface area (TPSA) is 42.0 Å². The number of hydrogen-bond donors (Lipinski definition) is 1. The number of pyridine rings is 1. The first kappa shape index (κ1) is 13.3. The highest BCUT2D eigenvalue weighted by Crippen LogP contribution is 2.23. The summed E-state index contributed by atoms with van der Waals surface area (Å²) >= 11 is 3.32. The highest BCUT2D eigenvalue weighted by molar-refractivity contribution is 9.10. The second kappa shape index (κ2) is 5.75. The van der Waals surface area contributed by atoms with Gasteiger partial charge in [-0.2, -0.15) is 0 Å². The van der Waals surface area contributed by atoms with Crippen molar-refractivity contribution in [1.82, 2.24) is 4.98 Å². The number of nitrogens with one attached hydrogen (secondary N) is 1. The lowest BCUT2D eigenvalue weighted by atomic mass is 10.0. The van der Waals surface area contributed by atoms with Crippen LogP contribution in [0.2, 0.25) is 0 Å². The minimum Gasteiger partial charge on any atom is -0.310 e. The first-order valence-electron chi connectivity index (χ1n) is 6.73. The van der Waals surface area contributed by atoms with Crippen LogP contribution in [0.3, 0.4) is 0 Å². The lowest BCUT2D eigenvalue weighted by molar-refractivity contribution is -0.115. The van der Waals surface area contributed by atoms with Crippen LogP contribution in [-0.2, 0) is 24.1 Å². The van der Waals surface area contributed by atoms with Crippen molar-refractivity contribution in [2.75, 3.05) is 5.32 Å². The summed E-state index contributed by atoms with van der Waals surface area (Å²) in [5, 5.41) is 2.81. The van der Waals surface area contributed by atoms with Crippen LogP contribution in [0.15, 0.2) is 41.0 Å². The van der Waals surface area contributed by atoms with Gasteiger partial charge in [-0.25, -0.2) is 4.98 Å². The van der Waals surface area contributed by atoms with Crippen molar-refractivity contribution in [3.05, 3.63) is 57.7 Å². The van der Waals surface area contributed by atoms with Crippen LogP contribution in [0.5, 0.6) is 0 Å². The van der Waals surface area contributed by atoms with Gasteiger partial charge in [-0.1, -0.05) is 18.2 Å². The van der Waals surface area contributed by atoms with E-state index in [1.54, 1.807) is 12.3 Å². The molecule has 20 heavy (non-hydrogen) atoms. The van der Waals surface area contributed by atoms with Crippen LogP contribution in [0.25, 0.3) is 0 Å². The predicted molar refractivity (Wildman–Crippen MR) is 82.7 cm³/mol. The first-order valence-corrected chi connectivity index (χ1v) is 7.52. The third kappa shape index (κ3) is 3.07. The van der Waals surface area contributed by atoms with Crippen LogP contribution < -0.4 is 5.32 Å². The molecule has 0 saturated carbocycles. The molecule has 2 aromatic rings. The Morgan fingerprint density at radius 2 is 2.05 bits per heavy atom. The summed E-state index contributed by atoms with van der Waals surface area (Å²) in [5.74, 6) is 0.553. The standard InChI is InChI=1S/C16H15BrN2O/c17-14-6-7-15(18-10-14)19-16(20)9-11-4-5-12-2-1-3-13(12)8-11/h4-8,10H,1-3,9H2,(H,18,19,20). The fraction of sp³-hybridized carbons (Fsp3) is 0.250. The van der Waals surface area contributed by atoms with Gasteiger partial charge >= 0.3 is 0 Å². The molecule has 3 nitrogen and oxygen atoms in total. The molecule has 1 N–H and O–H groups in total. The number of carbonyl (C=O) groups excluding carboxylic acids is 1. The van der Waals surface area contributed by atoms with Crippen molar-refractivity contribution in [2.45, 2.75) is 25.7 Å². The monoisotopic (exact) mass is 330 g/mol. The van der Waals surface area contributed by atoms with E-state index in [0.29, 0.717) is 12.2 Å². The number of nitrogens with zero attached hydrogens (tertiary/aromatic N) is 1. The predicted octanol–water partition coefficient (Wildman–Crippen LogP) is 3.51. The molecule has 0 aliphatic heterocycles. The Balaban J connectivity index is 1.65. The third-order valence-electron chi connectivity index (χ3n) is 3.52. The number of fused-ring (bicyclic) bond motifs is 1. The number of benzene rings is 1. The molecule has 0 atom stereocenters. The van der Waals surface area contributed by atoms with Crippen LogP contribution in [0.1, 0.15) is 23.1 Å². The first-order chi connectivity index (χ1) is 9.70. The number of anilines is 1. The maximum atomic E-state index is 12.0. The van der Waals surface area contributed by atoms with Gasteiger partial charge in [0.2, 0.25) is 5.91 Å². The molecule has 0 bridgehead atoms. The average Bonchev–Trinajstić information content (AvgIpc) is 2.89.